The number of amides is 1. The van der Waals surface area contributed by atoms with Gasteiger partial charge in [0.15, 0.2) is 0 Å². The van der Waals surface area contributed by atoms with Gasteiger partial charge in [0.2, 0.25) is 0 Å². The maximum atomic E-state index is 12.4. The van der Waals surface area contributed by atoms with Crippen LogP contribution in [0, 0.1) is 12.8 Å². The lowest BCUT2D eigenvalue weighted by molar-refractivity contribution is -0.138. The second-order valence-corrected chi connectivity index (χ2v) is 5.25. The Morgan fingerprint density at radius 1 is 1.32 bits per heavy atom. The first kappa shape index (κ1) is 13.6. The molecule has 0 saturated carbocycles. The van der Waals surface area contributed by atoms with E-state index in [1.54, 1.807) is 0 Å². The number of carbonyl (C=O) groups excluding carboxylic acids is 1. The van der Waals surface area contributed by atoms with Crippen LogP contribution in [0.25, 0.3) is 0 Å². The van der Waals surface area contributed by atoms with E-state index in [4.69, 9.17) is 5.11 Å². The zero-order valence-corrected chi connectivity index (χ0v) is 11.4. The third-order valence-corrected chi connectivity index (χ3v) is 3.96. The van der Waals surface area contributed by atoms with Crippen molar-refractivity contribution in [2.45, 2.75) is 26.2 Å². The largest absolute Gasteiger partial charge is 0.481 e. The number of hydrogen-bond acceptors (Lipinski definition) is 2. The SMILES string of the molecule is Cc1ccc(C(=O)N2CCC(CC(=O)O)CC2)n1C. The Morgan fingerprint density at radius 2 is 1.95 bits per heavy atom. The van der Waals surface area contributed by atoms with Crippen molar-refractivity contribution in [3.8, 4) is 0 Å². The Kier molecular flexibility index (Phi) is 3.93. The summed E-state index contributed by atoms with van der Waals surface area (Å²) in [5, 5.41) is 8.77. The number of carboxylic acids is 1. The van der Waals surface area contributed by atoms with E-state index in [1.807, 2.05) is 35.6 Å². The molecule has 0 spiro atoms. The Hall–Kier alpha value is -1.78. The summed E-state index contributed by atoms with van der Waals surface area (Å²) < 4.78 is 1.89. The molecule has 0 radical (unpaired) electrons. The van der Waals surface area contributed by atoms with Crippen LogP contribution in [-0.2, 0) is 11.8 Å². The number of aliphatic carboxylic acids is 1. The van der Waals surface area contributed by atoms with Gasteiger partial charge in [-0.15, -0.1) is 0 Å². The van der Waals surface area contributed by atoms with E-state index in [1.165, 1.54) is 0 Å². The molecule has 1 aromatic heterocycles. The number of likely N-dealkylation sites (tertiary alicyclic amines) is 1. The minimum atomic E-state index is -0.747. The van der Waals surface area contributed by atoms with Gasteiger partial charge in [0.25, 0.3) is 5.91 Å². The van der Waals surface area contributed by atoms with Gasteiger partial charge in [-0.1, -0.05) is 0 Å². The number of carbonyl (C=O) groups is 2. The third kappa shape index (κ3) is 2.97. The molecule has 1 aliphatic heterocycles. The van der Waals surface area contributed by atoms with Crippen molar-refractivity contribution >= 4 is 11.9 Å². The molecule has 1 aromatic rings. The first-order valence-corrected chi connectivity index (χ1v) is 6.62. The van der Waals surface area contributed by atoms with Crippen molar-refractivity contribution in [1.82, 2.24) is 9.47 Å². The van der Waals surface area contributed by atoms with E-state index >= 15 is 0 Å². The zero-order valence-electron chi connectivity index (χ0n) is 11.4. The highest BCUT2D eigenvalue weighted by molar-refractivity contribution is 5.93. The molecule has 1 saturated heterocycles. The van der Waals surface area contributed by atoms with E-state index in [2.05, 4.69) is 0 Å². The Bertz CT molecular complexity index is 485. The molecule has 104 valence electrons. The highest BCUT2D eigenvalue weighted by atomic mass is 16.4. The molecular formula is C14H20N2O3. The molecule has 0 bridgehead atoms. The van der Waals surface area contributed by atoms with Crippen molar-refractivity contribution in [3.05, 3.63) is 23.5 Å². The number of piperidine rings is 1. The highest BCUT2D eigenvalue weighted by Crippen LogP contribution is 2.22. The fourth-order valence-corrected chi connectivity index (χ4v) is 2.58. The number of rotatable bonds is 3. The van der Waals surface area contributed by atoms with Crippen molar-refractivity contribution in [2.75, 3.05) is 13.1 Å². The summed E-state index contributed by atoms with van der Waals surface area (Å²) in [5.41, 5.74) is 1.76. The summed E-state index contributed by atoms with van der Waals surface area (Å²) in [6.07, 6.45) is 1.77. The fraction of sp³-hybridized carbons (Fsp3) is 0.571. The summed E-state index contributed by atoms with van der Waals surface area (Å²) in [5.74, 6) is -0.496. The molecule has 1 fully saturated rings. The number of carboxylic acid groups (broad SMARTS) is 1. The van der Waals surface area contributed by atoms with Crippen LogP contribution in [-0.4, -0.2) is 39.5 Å². The van der Waals surface area contributed by atoms with Gasteiger partial charge in [-0.3, -0.25) is 9.59 Å². The lowest BCUT2D eigenvalue weighted by Crippen LogP contribution is -2.39. The molecule has 5 heteroatoms. The summed E-state index contributed by atoms with van der Waals surface area (Å²) in [4.78, 5) is 24.8. The maximum absolute atomic E-state index is 12.4. The minimum absolute atomic E-state index is 0.0457. The first-order chi connectivity index (χ1) is 8.99. The van der Waals surface area contributed by atoms with Gasteiger partial charge in [-0.05, 0) is 37.8 Å². The number of aromatic nitrogens is 1. The van der Waals surface area contributed by atoms with Crippen LogP contribution >= 0.6 is 0 Å². The Labute approximate surface area is 112 Å². The minimum Gasteiger partial charge on any atom is -0.481 e. The maximum Gasteiger partial charge on any atom is 0.303 e. The van der Waals surface area contributed by atoms with E-state index in [0.717, 1.165) is 18.5 Å². The predicted octanol–water partition coefficient (Wildman–Crippen LogP) is 1.66. The van der Waals surface area contributed by atoms with Gasteiger partial charge in [0.05, 0.1) is 0 Å². The molecule has 1 aliphatic rings. The average Bonchev–Trinajstić information content (AvgIpc) is 2.69. The zero-order chi connectivity index (χ0) is 14.0. The molecule has 1 N–H and O–H groups in total. The van der Waals surface area contributed by atoms with Crippen molar-refractivity contribution in [2.24, 2.45) is 13.0 Å². The normalized spacial score (nSPS) is 16.6. The number of nitrogens with zero attached hydrogens (tertiary/aromatic N) is 2. The van der Waals surface area contributed by atoms with Crippen LogP contribution in [0.1, 0.15) is 35.4 Å². The molecular weight excluding hydrogens is 244 g/mol. The van der Waals surface area contributed by atoms with E-state index in [9.17, 15) is 9.59 Å². The molecule has 0 atom stereocenters. The average molecular weight is 264 g/mol. The Morgan fingerprint density at radius 3 is 2.42 bits per heavy atom. The fourth-order valence-electron chi connectivity index (χ4n) is 2.58. The second-order valence-electron chi connectivity index (χ2n) is 5.25. The van der Waals surface area contributed by atoms with Gasteiger partial charge in [0.1, 0.15) is 5.69 Å². The molecule has 19 heavy (non-hydrogen) atoms. The predicted molar refractivity (Wildman–Crippen MR) is 71.0 cm³/mol. The highest BCUT2D eigenvalue weighted by Gasteiger charge is 2.26. The Balaban J connectivity index is 1.96. The lowest BCUT2D eigenvalue weighted by Gasteiger charge is -2.31. The van der Waals surface area contributed by atoms with E-state index < -0.39 is 5.97 Å². The molecule has 1 amide bonds. The lowest BCUT2D eigenvalue weighted by atomic mass is 9.93. The molecule has 0 aromatic carbocycles. The standard InChI is InChI=1S/C14H20N2O3/c1-10-3-4-12(15(10)2)14(19)16-7-5-11(6-8-16)9-13(17)18/h3-4,11H,5-9H2,1-2H3,(H,17,18). The van der Waals surface area contributed by atoms with Gasteiger partial charge in [-0.2, -0.15) is 0 Å². The summed E-state index contributed by atoms with van der Waals surface area (Å²) in [6, 6.07) is 3.78. The van der Waals surface area contributed by atoms with Crippen LogP contribution < -0.4 is 0 Å². The van der Waals surface area contributed by atoms with Crippen molar-refractivity contribution < 1.29 is 14.7 Å². The monoisotopic (exact) mass is 264 g/mol. The molecule has 2 rings (SSSR count). The molecule has 5 nitrogen and oxygen atoms in total. The summed E-state index contributed by atoms with van der Waals surface area (Å²) in [7, 11) is 1.89. The van der Waals surface area contributed by atoms with Gasteiger partial charge >= 0.3 is 5.97 Å². The molecule has 2 heterocycles. The van der Waals surface area contributed by atoms with E-state index in [-0.39, 0.29) is 18.2 Å². The summed E-state index contributed by atoms with van der Waals surface area (Å²) in [6.45, 7) is 3.28. The van der Waals surface area contributed by atoms with Crippen LogP contribution in [0.3, 0.4) is 0 Å². The van der Waals surface area contributed by atoms with Crippen LogP contribution in [0.15, 0.2) is 12.1 Å². The van der Waals surface area contributed by atoms with Crippen LogP contribution in [0.4, 0.5) is 0 Å². The number of aryl methyl sites for hydroxylation is 1. The van der Waals surface area contributed by atoms with Gasteiger partial charge < -0.3 is 14.6 Å². The van der Waals surface area contributed by atoms with Gasteiger partial charge in [-0.25, -0.2) is 0 Å². The smallest absolute Gasteiger partial charge is 0.303 e. The molecule has 0 unspecified atom stereocenters. The first-order valence-electron chi connectivity index (χ1n) is 6.62. The quantitative estimate of drug-likeness (QED) is 0.903. The second kappa shape index (κ2) is 5.47. The van der Waals surface area contributed by atoms with Crippen LogP contribution in [0.5, 0.6) is 0 Å². The van der Waals surface area contributed by atoms with Crippen LogP contribution in [0.2, 0.25) is 0 Å². The third-order valence-electron chi connectivity index (χ3n) is 3.96. The van der Waals surface area contributed by atoms with Crippen molar-refractivity contribution in [3.63, 3.8) is 0 Å². The topological polar surface area (TPSA) is 62.5 Å². The van der Waals surface area contributed by atoms with Gasteiger partial charge in [0, 0.05) is 32.3 Å². The summed E-state index contributed by atoms with van der Waals surface area (Å²) >= 11 is 0. The van der Waals surface area contributed by atoms with Crippen molar-refractivity contribution in [1.29, 1.82) is 0 Å². The number of hydrogen-bond donors (Lipinski definition) is 1. The van der Waals surface area contributed by atoms with E-state index in [0.29, 0.717) is 18.8 Å². The molecule has 0 aliphatic carbocycles.